The summed E-state index contributed by atoms with van der Waals surface area (Å²) in [5.74, 6) is -0.689. The van der Waals surface area contributed by atoms with Crippen LogP contribution in [0.2, 0.25) is 0 Å². The van der Waals surface area contributed by atoms with Gasteiger partial charge < -0.3 is 35.4 Å². The van der Waals surface area contributed by atoms with Gasteiger partial charge in [-0.2, -0.15) is 0 Å². The van der Waals surface area contributed by atoms with Crippen molar-refractivity contribution in [1.82, 2.24) is 0 Å². The van der Waals surface area contributed by atoms with Gasteiger partial charge in [-0.15, -0.1) is 0 Å². The summed E-state index contributed by atoms with van der Waals surface area (Å²) < 4.78 is 5.70. The number of aliphatic hydroxyl groups is 4. The minimum absolute atomic E-state index is 0.00666. The zero-order valence-corrected chi connectivity index (χ0v) is 18.8. The quantitative estimate of drug-likeness (QED) is 0.261. The molecule has 33 heavy (non-hydrogen) atoms. The van der Waals surface area contributed by atoms with Gasteiger partial charge in [0.15, 0.2) is 11.9 Å². The maximum absolute atomic E-state index is 12.6. The molecule has 0 aliphatic carbocycles. The van der Waals surface area contributed by atoms with Gasteiger partial charge in [0.1, 0.15) is 29.0 Å². The second-order valence-electron chi connectivity index (χ2n) is 9.21. The number of ether oxygens (including phenoxy) is 1. The average Bonchev–Trinajstić information content (AvgIpc) is 3.09. The number of aromatic hydroxyl groups is 2. The molecule has 1 aliphatic heterocycles. The molecule has 0 aromatic heterocycles. The number of allylic oxidation sites excluding steroid dienone is 1. The molecule has 1 aliphatic rings. The number of hydrogen-bond donors (Lipinski definition) is 6. The second-order valence-corrected chi connectivity index (χ2v) is 9.21. The SMILES string of the molecule is CC(C)(O)C(O)CCC(C)(O)C1Oc2ccc(C(=O)C=Cc3ccc(O)cc3)c(O)c2C1O. The highest BCUT2D eigenvalue weighted by atomic mass is 16.5. The molecule has 8 nitrogen and oxygen atoms in total. The Hall–Kier alpha value is -2.91. The predicted molar refractivity (Wildman–Crippen MR) is 121 cm³/mol. The third-order valence-corrected chi connectivity index (χ3v) is 5.95. The molecular weight excluding hydrogens is 428 g/mol. The maximum atomic E-state index is 12.6. The van der Waals surface area contributed by atoms with Crippen molar-refractivity contribution in [3.63, 3.8) is 0 Å². The first-order valence-corrected chi connectivity index (χ1v) is 10.7. The van der Waals surface area contributed by atoms with Gasteiger partial charge in [-0.1, -0.05) is 18.2 Å². The highest BCUT2D eigenvalue weighted by molar-refractivity contribution is 6.09. The summed E-state index contributed by atoms with van der Waals surface area (Å²) in [6, 6.07) is 9.04. The lowest BCUT2D eigenvalue weighted by atomic mass is 9.85. The monoisotopic (exact) mass is 458 g/mol. The lowest BCUT2D eigenvalue weighted by Crippen LogP contribution is -2.46. The van der Waals surface area contributed by atoms with E-state index in [0.29, 0.717) is 5.56 Å². The molecule has 0 amide bonds. The summed E-state index contributed by atoms with van der Waals surface area (Å²) in [6.45, 7) is 4.35. The summed E-state index contributed by atoms with van der Waals surface area (Å²) in [4.78, 5) is 12.6. The van der Waals surface area contributed by atoms with E-state index in [0.717, 1.165) is 0 Å². The van der Waals surface area contributed by atoms with Crippen molar-refractivity contribution in [1.29, 1.82) is 0 Å². The highest BCUT2D eigenvalue weighted by Gasteiger charge is 2.47. The number of fused-ring (bicyclic) bond motifs is 1. The Bertz CT molecular complexity index is 1030. The normalized spacial score (nSPS) is 20.8. The van der Waals surface area contributed by atoms with E-state index in [1.807, 2.05) is 0 Å². The van der Waals surface area contributed by atoms with Gasteiger partial charge in [0, 0.05) is 0 Å². The van der Waals surface area contributed by atoms with Crippen molar-refractivity contribution in [3.8, 4) is 17.2 Å². The first kappa shape index (κ1) is 24.7. The number of ketones is 1. The minimum atomic E-state index is -1.60. The first-order chi connectivity index (χ1) is 15.3. The first-order valence-electron chi connectivity index (χ1n) is 10.7. The summed E-state index contributed by atoms with van der Waals surface area (Å²) in [5, 5.41) is 61.7. The van der Waals surface area contributed by atoms with Gasteiger partial charge >= 0.3 is 0 Å². The maximum Gasteiger partial charge on any atom is 0.189 e. The van der Waals surface area contributed by atoms with Crippen LogP contribution in [0.1, 0.15) is 61.2 Å². The van der Waals surface area contributed by atoms with E-state index in [-0.39, 0.29) is 35.5 Å². The summed E-state index contributed by atoms with van der Waals surface area (Å²) in [6.07, 6.45) is -0.797. The van der Waals surface area contributed by atoms with Crippen LogP contribution < -0.4 is 4.74 Å². The smallest absolute Gasteiger partial charge is 0.189 e. The minimum Gasteiger partial charge on any atom is -0.508 e. The van der Waals surface area contributed by atoms with Gasteiger partial charge in [0.05, 0.1) is 22.8 Å². The molecule has 4 unspecified atom stereocenters. The van der Waals surface area contributed by atoms with Crippen molar-refractivity contribution in [2.45, 2.75) is 63.1 Å². The van der Waals surface area contributed by atoms with Crippen LogP contribution in [0.25, 0.3) is 6.08 Å². The number of benzene rings is 2. The Balaban J connectivity index is 1.78. The van der Waals surface area contributed by atoms with E-state index >= 15 is 0 Å². The Kier molecular flexibility index (Phi) is 6.85. The number of rotatable bonds is 8. The molecule has 0 radical (unpaired) electrons. The van der Waals surface area contributed by atoms with Crippen LogP contribution in [0.15, 0.2) is 42.5 Å². The summed E-state index contributed by atoms with van der Waals surface area (Å²) in [5.41, 5.74) is -2.30. The fourth-order valence-electron chi connectivity index (χ4n) is 3.77. The molecule has 4 atom stereocenters. The van der Waals surface area contributed by atoms with E-state index in [4.69, 9.17) is 4.74 Å². The topological polar surface area (TPSA) is 148 Å². The number of carbonyl (C=O) groups excluding carboxylic acids is 1. The molecular formula is C25H30O8. The van der Waals surface area contributed by atoms with Crippen LogP contribution in [0, 0.1) is 0 Å². The molecule has 0 saturated carbocycles. The van der Waals surface area contributed by atoms with E-state index in [9.17, 15) is 35.4 Å². The highest BCUT2D eigenvalue weighted by Crippen LogP contribution is 2.47. The molecule has 178 valence electrons. The fraction of sp³-hybridized carbons (Fsp3) is 0.400. The van der Waals surface area contributed by atoms with Gasteiger partial charge in [0.2, 0.25) is 0 Å². The molecule has 2 aromatic rings. The second kappa shape index (κ2) is 9.15. The third kappa shape index (κ3) is 5.36. The Labute approximate surface area is 192 Å². The summed E-state index contributed by atoms with van der Waals surface area (Å²) >= 11 is 0. The Morgan fingerprint density at radius 3 is 2.33 bits per heavy atom. The number of phenols is 2. The molecule has 3 rings (SSSR count). The van der Waals surface area contributed by atoms with Crippen molar-refractivity contribution in [2.24, 2.45) is 0 Å². The Morgan fingerprint density at radius 1 is 1.09 bits per heavy atom. The molecule has 0 bridgehead atoms. The van der Waals surface area contributed by atoms with Crippen molar-refractivity contribution < 1.29 is 40.2 Å². The van der Waals surface area contributed by atoms with Crippen molar-refractivity contribution in [2.75, 3.05) is 0 Å². The van der Waals surface area contributed by atoms with Crippen molar-refractivity contribution >= 4 is 11.9 Å². The molecule has 1 heterocycles. The lowest BCUT2D eigenvalue weighted by molar-refractivity contribution is -0.108. The van der Waals surface area contributed by atoms with Crippen LogP contribution in [0.5, 0.6) is 17.2 Å². The van der Waals surface area contributed by atoms with Gasteiger partial charge in [-0.25, -0.2) is 0 Å². The molecule has 2 aromatic carbocycles. The predicted octanol–water partition coefficient (Wildman–Crippen LogP) is 2.45. The number of carbonyl (C=O) groups is 1. The summed E-state index contributed by atoms with van der Waals surface area (Å²) in [7, 11) is 0. The van der Waals surface area contributed by atoms with E-state index in [1.165, 1.54) is 57.2 Å². The van der Waals surface area contributed by atoms with E-state index in [2.05, 4.69) is 0 Å². The van der Waals surface area contributed by atoms with Crippen LogP contribution in [-0.4, -0.2) is 59.8 Å². The molecule has 8 heteroatoms. The zero-order valence-electron chi connectivity index (χ0n) is 18.8. The fourth-order valence-corrected chi connectivity index (χ4v) is 3.77. The van der Waals surface area contributed by atoms with Crippen LogP contribution in [0.4, 0.5) is 0 Å². The van der Waals surface area contributed by atoms with E-state index in [1.54, 1.807) is 12.1 Å². The molecule has 0 fully saturated rings. The van der Waals surface area contributed by atoms with Crippen LogP contribution >= 0.6 is 0 Å². The largest absolute Gasteiger partial charge is 0.508 e. The van der Waals surface area contributed by atoms with Gasteiger partial charge in [0.25, 0.3) is 0 Å². The third-order valence-electron chi connectivity index (χ3n) is 5.95. The van der Waals surface area contributed by atoms with E-state index < -0.39 is 41.0 Å². The molecule has 0 spiro atoms. The standard InChI is InChI=1S/C25H30O8/c1-24(2,31)19(28)12-13-25(3,32)23-22(30)20-18(33-23)11-9-16(21(20)29)17(27)10-6-14-4-7-15(26)8-5-14/h4-11,19,22-23,26,28-32H,12-13H2,1-3H3. The number of phenolic OH excluding ortho intramolecular Hbond substituents is 2. The molecule has 6 N–H and O–H groups in total. The van der Waals surface area contributed by atoms with Gasteiger partial charge in [-0.3, -0.25) is 4.79 Å². The number of hydrogen-bond acceptors (Lipinski definition) is 8. The van der Waals surface area contributed by atoms with Crippen molar-refractivity contribution in [3.05, 3.63) is 59.2 Å². The number of aliphatic hydroxyl groups excluding tert-OH is 2. The van der Waals surface area contributed by atoms with Crippen LogP contribution in [-0.2, 0) is 0 Å². The lowest BCUT2D eigenvalue weighted by Gasteiger charge is -2.33. The van der Waals surface area contributed by atoms with Gasteiger partial charge in [-0.05, 0) is 69.5 Å². The average molecular weight is 459 g/mol. The molecule has 0 saturated heterocycles. The van der Waals surface area contributed by atoms with Crippen LogP contribution in [0.3, 0.4) is 0 Å². The zero-order chi connectivity index (χ0) is 24.6. The Morgan fingerprint density at radius 2 is 1.73 bits per heavy atom.